The number of amides is 1. The summed E-state index contributed by atoms with van der Waals surface area (Å²) in [5, 5.41) is 10.4. The van der Waals surface area contributed by atoms with Crippen molar-refractivity contribution in [1.82, 2.24) is 14.4 Å². The molecule has 182 valence electrons. The van der Waals surface area contributed by atoms with Gasteiger partial charge in [0.05, 0.1) is 12.0 Å². The molecule has 0 unspecified atom stereocenters. The lowest BCUT2D eigenvalue weighted by Gasteiger charge is -2.38. The zero-order valence-corrected chi connectivity index (χ0v) is 20.0. The van der Waals surface area contributed by atoms with E-state index >= 15 is 0 Å². The van der Waals surface area contributed by atoms with E-state index in [4.69, 9.17) is 0 Å². The summed E-state index contributed by atoms with van der Waals surface area (Å²) in [4.78, 5) is 30.8. The molecule has 5 rings (SSSR count). The normalized spacial score (nSPS) is 23.2. The second-order valence-electron chi connectivity index (χ2n) is 9.69. The largest absolute Gasteiger partial charge is 0.396 e. The molecule has 0 spiro atoms. The van der Waals surface area contributed by atoms with Gasteiger partial charge in [-0.05, 0) is 41.8 Å². The summed E-state index contributed by atoms with van der Waals surface area (Å²) in [7, 11) is 3.46. The molecule has 0 radical (unpaired) electrons. The number of benzene rings is 2. The van der Waals surface area contributed by atoms with Crippen molar-refractivity contribution in [3.63, 3.8) is 0 Å². The number of nitrogens with zero attached hydrogens (tertiary/aromatic N) is 3. The number of aromatic nitrogens is 1. The number of halogens is 1. The average molecular weight is 476 g/mol. The van der Waals surface area contributed by atoms with Gasteiger partial charge in [0.2, 0.25) is 5.91 Å². The summed E-state index contributed by atoms with van der Waals surface area (Å²) in [6.45, 7) is 0.963. The molecule has 1 N–H and O–H groups in total. The summed E-state index contributed by atoms with van der Waals surface area (Å²) < 4.78 is 15.6. The summed E-state index contributed by atoms with van der Waals surface area (Å²) in [6.07, 6.45) is 0.806. The van der Waals surface area contributed by atoms with Crippen molar-refractivity contribution >= 4 is 5.91 Å². The molecule has 3 heterocycles. The van der Waals surface area contributed by atoms with Crippen LogP contribution in [0.4, 0.5) is 4.39 Å². The highest BCUT2D eigenvalue weighted by molar-refractivity contribution is 5.80. The minimum Gasteiger partial charge on any atom is -0.396 e. The van der Waals surface area contributed by atoms with E-state index in [1.54, 1.807) is 41.8 Å². The molecule has 2 bridgehead atoms. The van der Waals surface area contributed by atoms with Crippen molar-refractivity contribution in [2.75, 3.05) is 27.2 Å². The summed E-state index contributed by atoms with van der Waals surface area (Å²) in [5.74, 6) is -1.18. The minimum absolute atomic E-state index is 0.0450. The molecule has 2 aromatic carbocycles. The number of rotatable bonds is 6. The Kier molecular flexibility index (Phi) is 6.30. The van der Waals surface area contributed by atoms with Gasteiger partial charge in [-0.2, -0.15) is 0 Å². The molecular weight excluding hydrogens is 445 g/mol. The monoisotopic (exact) mass is 475 g/mol. The molecule has 7 heteroatoms. The molecule has 35 heavy (non-hydrogen) atoms. The summed E-state index contributed by atoms with van der Waals surface area (Å²) in [6, 6.07) is 19.4. The van der Waals surface area contributed by atoms with E-state index in [2.05, 4.69) is 17.0 Å². The summed E-state index contributed by atoms with van der Waals surface area (Å²) in [5.41, 5.74) is 2.74. The van der Waals surface area contributed by atoms with Crippen molar-refractivity contribution < 1.29 is 14.3 Å². The van der Waals surface area contributed by atoms with Crippen LogP contribution in [0.5, 0.6) is 0 Å². The second-order valence-corrected chi connectivity index (χ2v) is 9.69. The highest BCUT2D eigenvalue weighted by atomic mass is 19.1. The number of hydrogen-bond acceptors (Lipinski definition) is 4. The van der Waals surface area contributed by atoms with Crippen LogP contribution in [0.25, 0.3) is 11.1 Å². The second kappa shape index (κ2) is 9.40. The average Bonchev–Trinajstić information content (AvgIpc) is 3.07. The van der Waals surface area contributed by atoms with Crippen LogP contribution < -0.4 is 5.56 Å². The van der Waals surface area contributed by atoms with Gasteiger partial charge in [-0.25, -0.2) is 4.39 Å². The Hall–Kier alpha value is -3.29. The Labute approximate surface area is 204 Å². The van der Waals surface area contributed by atoms with Gasteiger partial charge < -0.3 is 14.6 Å². The lowest BCUT2D eigenvalue weighted by molar-refractivity contribution is -0.135. The maximum Gasteiger partial charge on any atom is 0.258 e. The molecule has 3 aromatic rings. The number of hydrogen-bond donors (Lipinski definition) is 1. The van der Waals surface area contributed by atoms with Crippen LogP contribution in [0, 0.1) is 17.7 Å². The van der Waals surface area contributed by atoms with Crippen LogP contribution in [0.3, 0.4) is 0 Å². The van der Waals surface area contributed by atoms with E-state index in [0.29, 0.717) is 24.2 Å². The fourth-order valence-electron chi connectivity index (χ4n) is 5.89. The number of aliphatic hydroxyl groups excluding tert-OH is 1. The third-order valence-electron chi connectivity index (χ3n) is 7.53. The zero-order chi connectivity index (χ0) is 24.7. The molecule has 1 amide bonds. The highest BCUT2D eigenvalue weighted by Gasteiger charge is 2.55. The Morgan fingerprint density at radius 1 is 1.09 bits per heavy atom. The Bertz CT molecular complexity index is 1290. The van der Waals surface area contributed by atoms with E-state index in [0.717, 1.165) is 12.1 Å². The van der Waals surface area contributed by atoms with Gasteiger partial charge in [-0.3, -0.25) is 14.5 Å². The van der Waals surface area contributed by atoms with Crippen molar-refractivity contribution in [3.05, 3.63) is 94.2 Å². The topological polar surface area (TPSA) is 65.8 Å². The molecule has 1 aromatic heterocycles. The standard InChI is InChI=1S/C28H30FN3O3/c1-30(2)28(35)25-22(17-33)24-16-32-23(26(25)31(24)14-13-18-7-4-3-5-8-18)12-11-21(27(32)34)19-9-6-10-20(29)15-19/h3-12,15,22,24-26,33H,13-14,16-17H2,1-2H3/t22-,24-,25+,26+/m0/s1. The molecule has 4 atom stereocenters. The lowest BCUT2D eigenvalue weighted by Crippen LogP contribution is -2.47. The predicted octanol–water partition coefficient (Wildman–Crippen LogP) is 2.95. The van der Waals surface area contributed by atoms with E-state index in [9.17, 15) is 19.1 Å². The highest BCUT2D eigenvalue weighted by Crippen LogP contribution is 2.48. The first kappa shape index (κ1) is 23.5. The van der Waals surface area contributed by atoms with Gasteiger partial charge in [-0.1, -0.05) is 42.5 Å². The zero-order valence-electron chi connectivity index (χ0n) is 20.0. The number of aliphatic hydroxyl groups is 1. The molecule has 2 aliphatic rings. The Morgan fingerprint density at radius 2 is 1.86 bits per heavy atom. The minimum atomic E-state index is -0.455. The number of fused-ring (bicyclic) bond motifs is 4. The first-order valence-corrected chi connectivity index (χ1v) is 12.0. The van der Waals surface area contributed by atoms with E-state index in [1.165, 1.54) is 17.7 Å². The van der Waals surface area contributed by atoms with Crippen molar-refractivity contribution in [2.24, 2.45) is 11.8 Å². The van der Waals surface area contributed by atoms with Crippen LogP contribution >= 0.6 is 0 Å². The number of carbonyl (C=O) groups is 1. The predicted molar refractivity (Wildman–Crippen MR) is 132 cm³/mol. The smallest absolute Gasteiger partial charge is 0.258 e. The van der Waals surface area contributed by atoms with Gasteiger partial charge in [0.15, 0.2) is 0 Å². The van der Waals surface area contributed by atoms with Crippen LogP contribution in [0.1, 0.15) is 17.3 Å². The molecule has 1 fully saturated rings. The third kappa shape index (κ3) is 4.09. The SMILES string of the molecule is CN(C)C(=O)[C@@H]1[C@@H](CO)[C@@H]2Cn3c(ccc(-c4cccc(F)c4)c3=O)[C@H]1N2CCc1ccccc1. The fourth-order valence-corrected chi connectivity index (χ4v) is 5.89. The third-order valence-corrected chi connectivity index (χ3v) is 7.53. The molecule has 0 saturated carbocycles. The van der Waals surface area contributed by atoms with Crippen molar-refractivity contribution in [3.8, 4) is 11.1 Å². The van der Waals surface area contributed by atoms with E-state index in [1.807, 2.05) is 24.3 Å². The van der Waals surface area contributed by atoms with Gasteiger partial charge >= 0.3 is 0 Å². The number of carbonyl (C=O) groups excluding carboxylic acids is 1. The molecular formula is C28H30FN3O3. The maximum absolute atomic E-state index is 13.9. The Balaban J connectivity index is 1.59. The van der Waals surface area contributed by atoms with Crippen LogP contribution in [0.15, 0.2) is 71.5 Å². The number of pyridine rings is 1. The van der Waals surface area contributed by atoms with Gasteiger partial charge in [0.25, 0.3) is 5.56 Å². The first-order chi connectivity index (χ1) is 16.9. The van der Waals surface area contributed by atoms with Crippen molar-refractivity contribution in [1.29, 1.82) is 0 Å². The molecule has 6 nitrogen and oxygen atoms in total. The fraction of sp³-hybridized carbons (Fsp3) is 0.357. The van der Waals surface area contributed by atoms with Gasteiger partial charge in [-0.15, -0.1) is 0 Å². The van der Waals surface area contributed by atoms with E-state index in [-0.39, 0.29) is 36.1 Å². The van der Waals surface area contributed by atoms with E-state index < -0.39 is 11.7 Å². The summed E-state index contributed by atoms with van der Waals surface area (Å²) >= 11 is 0. The van der Waals surface area contributed by atoms with Crippen LogP contribution in [0.2, 0.25) is 0 Å². The first-order valence-electron chi connectivity index (χ1n) is 12.0. The molecule has 0 aliphatic carbocycles. The lowest BCUT2D eigenvalue weighted by atomic mass is 9.86. The van der Waals surface area contributed by atoms with Crippen LogP contribution in [-0.2, 0) is 17.8 Å². The van der Waals surface area contributed by atoms with Gasteiger partial charge in [0.1, 0.15) is 5.82 Å². The van der Waals surface area contributed by atoms with Crippen LogP contribution in [-0.4, -0.2) is 58.7 Å². The maximum atomic E-state index is 13.9. The van der Waals surface area contributed by atoms with Gasteiger partial charge in [0, 0.05) is 57.0 Å². The van der Waals surface area contributed by atoms with Crippen molar-refractivity contribution in [2.45, 2.75) is 25.0 Å². The molecule has 1 saturated heterocycles. The Morgan fingerprint density at radius 3 is 2.54 bits per heavy atom. The quantitative estimate of drug-likeness (QED) is 0.596. The molecule has 2 aliphatic heterocycles.